The van der Waals surface area contributed by atoms with E-state index in [4.69, 9.17) is 5.11 Å². The SMILES string of the molecule is C[C@H](NC(=O)O)[C@@H](Nc1nc(Nc2ccc(F)cc2)c(C#N)cc1F)C1CC1. The van der Waals surface area contributed by atoms with Crippen molar-refractivity contribution < 1.29 is 18.7 Å². The quantitative estimate of drug-likeness (QED) is 0.575. The molecule has 0 bridgehead atoms. The Morgan fingerprint density at radius 2 is 1.96 bits per heavy atom. The molecule has 2 atom stereocenters. The number of nitrogens with zero attached hydrogens (tertiary/aromatic N) is 2. The largest absolute Gasteiger partial charge is 0.465 e. The zero-order valence-electron chi connectivity index (χ0n) is 15.0. The third-order valence-corrected chi connectivity index (χ3v) is 4.53. The molecule has 0 saturated heterocycles. The van der Waals surface area contributed by atoms with Crippen molar-refractivity contribution in [1.82, 2.24) is 10.3 Å². The summed E-state index contributed by atoms with van der Waals surface area (Å²) in [5.74, 6) is -0.889. The van der Waals surface area contributed by atoms with E-state index in [2.05, 4.69) is 20.9 Å². The molecule has 1 aromatic heterocycles. The van der Waals surface area contributed by atoms with Gasteiger partial charge in [0.2, 0.25) is 0 Å². The Kier molecular flexibility index (Phi) is 5.59. The van der Waals surface area contributed by atoms with Crippen LogP contribution in [0.2, 0.25) is 0 Å². The summed E-state index contributed by atoms with van der Waals surface area (Å²) in [7, 11) is 0. The second-order valence-electron chi connectivity index (χ2n) is 6.70. The first kappa shape index (κ1) is 19.4. The maximum absolute atomic E-state index is 14.5. The standard InChI is InChI=1S/C19H19F2N5O2/c1-10(23-19(27)28)16(11-2-3-11)25-18-15(21)8-12(9-22)17(26-18)24-14-6-4-13(20)5-7-14/h4-8,10-11,16,23H,2-3H2,1H3,(H,27,28)(H2,24,25,26)/t10-,16+/m0/s1. The van der Waals surface area contributed by atoms with Crippen LogP contribution in [0.3, 0.4) is 0 Å². The molecule has 2 aromatic rings. The molecule has 1 heterocycles. The van der Waals surface area contributed by atoms with E-state index in [1.807, 2.05) is 6.07 Å². The summed E-state index contributed by atoms with van der Waals surface area (Å²) in [6.45, 7) is 1.70. The number of halogens is 2. The average Bonchev–Trinajstić information content (AvgIpc) is 3.47. The van der Waals surface area contributed by atoms with Crippen molar-refractivity contribution in [1.29, 1.82) is 5.26 Å². The van der Waals surface area contributed by atoms with E-state index >= 15 is 0 Å². The highest BCUT2D eigenvalue weighted by Gasteiger charge is 2.36. The average molecular weight is 387 g/mol. The molecule has 0 aliphatic heterocycles. The van der Waals surface area contributed by atoms with Crippen LogP contribution in [0.5, 0.6) is 0 Å². The smallest absolute Gasteiger partial charge is 0.404 e. The van der Waals surface area contributed by atoms with Gasteiger partial charge in [0.25, 0.3) is 0 Å². The Labute approximate surface area is 160 Å². The number of pyridine rings is 1. The fourth-order valence-electron chi connectivity index (χ4n) is 2.99. The number of hydrogen-bond acceptors (Lipinski definition) is 5. The fraction of sp³-hybridized carbons (Fsp3) is 0.316. The lowest BCUT2D eigenvalue weighted by Crippen LogP contribution is -2.45. The predicted octanol–water partition coefficient (Wildman–Crippen LogP) is 3.82. The molecule has 1 aliphatic carbocycles. The van der Waals surface area contributed by atoms with Crippen LogP contribution in [-0.2, 0) is 0 Å². The van der Waals surface area contributed by atoms with Crippen molar-refractivity contribution in [3.8, 4) is 6.07 Å². The first-order valence-electron chi connectivity index (χ1n) is 8.76. The van der Waals surface area contributed by atoms with Crippen LogP contribution in [0.1, 0.15) is 25.3 Å². The number of hydrogen-bond donors (Lipinski definition) is 4. The number of rotatable bonds is 7. The number of carboxylic acid groups (broad SMARTS) is 1. The first-order chi connectivity index (χ1) is 13.4. The van der Waals surface area contributed by atoms with Crippen LogP contribution in [0.15, 0.2) is 30.3 Å². The Morgan fingerprint density at radius 1 is 1.29 bits per heavy atom. The normalized spacial score (nSPS) is 15.2. The highest BCUT2D eigenvalue weighted by molar-refractivity contribution is 5.66. The number of anilines is 3. The molecule has 1 amide bonds. The van der Waals surface area contributed by atoms with Gasteiger partial charge in [-0.3, -0.25) is 0 Å². The van der Waals surface area contributed by atoms with Gasteiger partial charge in [-0.1, -0.05) is 0 Å². The maximum atomic E-state index is 14.5. The topological polar surface area (TPSA) is 110 Å². The second-order valence-corrected chi connectivity index (χ2v) is 6.70. The predicted molar refractivity (Wildman–Crippen MR) is 99.3 cm³/mol. The highest BCUT2D eigenvalue weighted by atomic mass is 19.1. The van der Waals surface area contributed by atoms with Gasteiger partial charge in [-0.2, -0.15) is 5.26 Å². The van der Waals surface area contributed by atoms with Crippen LogP contribution in [0.25, 0.3) is 0 Å². The van der Waals surface area contributed by atoms with Gasteiger partial charge in [-0.05, 0) is 56.0 Å². The molecule has 0 radical (unpaired) electrons. The lowest BCUT2D eigenvalue weighted by Gasteiger charge is -2.26. The van der Waals surface area contributed by atoms with Crippen molar-refractivity contribution in [3.05, 3.63) is 47.5 Å². The molecule has 4 N–H and O–H groups in total. The van der Waals surface area contributed by atoms with Crippen molar-refractivity contribution in [2.24, 2.45) is 5.92 Å². The minimum absolute atomic E-state index is 0.00736. The Bertz CT molecular complexity index is 910. The van der Waals surface area contributed by atoms with Gasteiger partial charge < -0.3 is 21.1 Å². The van der Waals surface area contributed by atoms with Gasteiger partial charge >= 0.3 is 6.09 Å². The molecule has 3 rings (SSSR count). The van der Waals surface area contributed by atoms with Crippen LogP contribution in [0, 0.1) is 28.9 Å². The van der Waals surface area contributed by atoms with Crippen molar-refractivity contribution in [2.75, 3.05) is 10.6 Å². The van der Waals surface area contributed by atoms with Crippen molar-refractivity contribution >= 4 is 23.4 Å². The van der Waals surface area contributed by atoms with Crippen LogP contribution in [-0.4, -0.2) is 28.3 Å². The second kappa shape index (κ2) is 8.08. The molecule has 0 spiro atoms. The molecule has 9 heteroatoms. The Morgan fingerprint density at radius 3 is 2.54 bits per heavy atom. The summed E-state index contributed by atoms with van der Waals surface area (Å²) < 4.78 is 27.6. The summed E-state index contributed by atoms with van der Waals surface area (Å²) in [5, 5.41) is 26.5. The third-order valence-electron chi connectivity index (χ3n) is 4.53. The van der Waals surface area contributed by atoms with E-state index in [9.17, 15) is 18.8 Å². The number of carbonyl (C=O) groups is 1. The van der Waals surface area contributed by atoms with E-state index in [0.29, 0.717) is 5.69 Å². The van der Waals surface area contributed by atoms with E-state index in [1.54, 1.807) is 6.92 Å². The maximum Gasteiger partial charge on any atom is 0.404 e. The van der Waals surface area contributed by atoms with E-state index in [1.165, 1.54) is 24.3 Å². The summed E-state index contributed by atoms with van der Waals surface area (Å²) in [5.41, 5.74) is 0.481. The first-order valence-corrected chi connectivity index (χ1v) is 8.76. The summed E-state index contributed by atoms with van der Waals surface area (Å²) in [6.07, 6.45) is 0.649. The van der Waals surface area contributed by atoms with E-state index in [-0.39, 0.29) is 29.2 Å². The molecule has 28 heavy (non-hydrogen) atoms. The number of benzene rings is 1. The lowest BCUT2D eigenvalue weighted by atomic mass is 10.0. The molecule has 1 aliphatic rings. The van der Waals surface area contributed by atoms with Crippen molar-refractivity contribution in [2.45, 2.75) is 31.8 Å². The van der Waals surface area contributed by atoms with Crippen molar-refractivity contribution in [3.63, 3.8) is 0 Å². The molecule has 1 aromatic carbocycles. The molecule has 1 saturated carbocycles. The zero-order chi connectivity index (χ0) is 20.3. The van der Waals surface area contributed by atoms with Gasteiger partial charge in [0, 0.05) is 11.7 Å². The van der Waals surface area contributed by atoms with Crippen LogP contribution < -0.4 is 16.0 Å². The van der Waals surface area contributed by atoms with E-state index < -0.39 is 23.8 Å². The zero-order valence-corrected chi connectivity index (χ0v) is 15.0. The minimum atomic E-state index is -1.16. The summed E-state index contributed by atoms with van der Waals surface area (Å²) in [6, 6.07) is 7.57. The Balaban J connectivity index is 1.87. The van der Waals surface area contributed by atoms with Gasteiger partial charge in [0.05, 0.1) is 11.6 Å². The number of amides is 1. The number of aromatic nitrogens is 1. The lowest BCUT2D eigenvalue weighted by molar-refractivity contribution is 0.188. The molecular weight excluding hydrogens is 368 g/mol. The third kappa shape index (κ3) is 4.65. The molecule has 7 nitrogen and oxygen atoms in total. The summed E-state index contributed by atoms with van der Waals surface area (Å²) in [4.78, 5) is 15.1. The van der Waals surface area contributed by atoms with Crippen LogP contribution in [0.4, 0.5) is 30.9 Å². The monoisotopic (exact) mass is 387 g/mol. The van der Waals surface area contributed by atoms with Gasteiger partial charge in [-0.25, -0.2) is 18.6 Å². The highest BCUT2D eigenvalue weighted by Crippen LogP contribution is 2.36. The Hall–Kier alpha value is -3.41. The molecule has 1 fully saturated rings. The fourth-order valence-corrected chi connectivity index (χ4v) is 2.99. The number of nitriles is 1. The minimum Gasteiger partial charge on any atom is -0.465 e. The van der Waals surface area contributed by atoms with Gasteiger partial charge in [0.1, 0.15) is 11.9 Å². The molecular formula is C19H19F2N5O2. The summed E-state index contributed by atoms with van der Waals surface area (Å²) >= 11 is 0. The van der Waals surface area contributed by atoms with Gasteiger partial charge in [-0.15, -0.1) is 0 Å². The van der Waals surface area contributed by atoms with E-state index in [0.717, 1.165) is 18.9 Å². The van der Waals surface area contributed by atoms with Gasteiger partial charge in [0.15, 0.2) is 17.5 Å². The molecule has 0 unspecified atom stereocenters. The molecule has 146 valence electrons. The number of nitrogens with one attached hydrogen (secondary N) is 3. The van der Waals surface area contributed by atoms with Crippen LogP contribution >= 0.6 is 0 Å².